The minimum absolute atomic E-state index is 0. The van der Waals surface area contributed by atoms with E-state index >= 15 is 0 Å². The normalized spacial score (nSPS) is 18.4. The van der Waals surface area contributed by atoms with Gasteiger partial charge in [-0.25, -0.2) is 14.4 Å². The quantitative estimate of drug-likeness (QED) is 0.0506. The number of aromatic hydroxyl groups is 1. The second-order valence-electron chi connectivity index (χ2n) is 23.1. The van der Waals surface area contributed by atoms with E-state index in [1.54, 1.807) is 33.8 Å². The van der Waals surface area contributed by atoms with Crippen molar-refractivity contribution in [2.45, 2.75) is 85.2 Å². The fourth-order valence-electron chi connectivity index (χ4n) is 12.9. The highest BCUT2D eigenvalue weighted by atomic mass is 35.5. The molecule has 0 saturated carbocycles. The van der Waals surface area contributed by atoms with Gasteiger partial charge < -0.3 is 58.3 Å². The molecule has 8 heterocycles. The third-order valence-corrected chi connectivity index (χ3v) is 17.9. The van der Waals surface area contributed by atoms with Crippen LogP contribution in [0.3, 0.4) is 0 Å². The molecule has 498 valence electrons. The average molecular weight is 1340 g/mol. The Labute approximate surface area is 562 Å². The van der Waals surface area contributed by atoms with Crippen LogP contribution in [-0.4, -0.2) is 167 Å². The van der Waals surface area contributed by atoms with Crippen LogP contribution in [0.1, 0.15) is 104 Å². The third kappa shape index (κ3) is 15.3. The Morgan fingerprint density at radius 2 is 0.894 bits per heavy atom. The Morgan fingerprint density at radius 3 is 1.26 bits per heavy atom. The number of epoxide rings is 1. The molecule has 5 aliphatic heterocycles. The summed E-state index contributed by atoms with van der Waals surface area (Å²) in [5.74, 6) is 1.65. The molecule has 0 aliphatic carbocycles. The van der Waals surface area contributed by atoms with E-state index in [2.05, 4.69) is 19.9 Å². The summed E-state index contributed by atoms with van der Waals surface area (Å²) in [7, 11) is 0. The topological polar surface area (TPSA) is 220 Å². The van der Waals surface area contributed by atoms with E-state index in [-0.39, 0.29) is 69.7 Å². The summed E-state index contributed by atoms with van der Waals surface area (Å²) in [6, 6.07) is 39.1. The van der Waals surface area contributed by atoms with Gasteiger partial charge in [-0.05, 0) is 164 Å². The number of β-amino-alcohol motifs (C(OH)–C–C–N with tert-alkyl or cyclic N) is 1. The lowest BCUT2D eigenvalue weighted by Gasteiger charge is -2.35. The highest BCUT2D eigenvalue weighted by Gasteiger charge is 2.39. The number of halogens is 3. The molecule has 3 amide bonds. The minimum Gasteiger partial charge on any atom is -0.508 e. The molecule has 14 rings (SSSR count). The van der Waals surface area contributed by atoms with Crippen LogP contribution in [0, 0.1) is 0 Å². The Balaban J connectivity index is 0.000000154. The molecule has 19 nitrogen and oxygen atoms in total. The Kier molecular flexibility index (Phi) is 22.6. The number of benzene rings is 6. The maximum Gasteiger partial charge on any atom is 0.410 e. The number of amides is 3. The number of nitrogens with zero attached hydrogens (tertiary/aromatic N) is 4. The van der Waals surface area contributed by atoms with E-state index in [0.29, 0.717) is 93.1 Å². The van der Waals surface area contributed by atoms with E-state index in [9.17, 15) is 24.6 Å². The first kappa shape index (κ1) is 68.7. The predicted octanol–water partition coefficient (Wildman–Crippen LogP) is 14.6. The predicted molar refractivity (Wildman–Crippen MR) is 366 cm³/mol. The SMILES string of the molecule is C.C.CCOC(=O)N1CCc2c([nH]c3ccc(Cl)cc23)C1c1ccc(O)cc1.CCOC(=O)N1CCc2c([nH]c3ccc(Cl)cc23)C1c1ccc(OCC(O)CN2CCOCC2)cc1.CCOC(=O)N1CCc2c([nH]c3ccc(Cl)cc23)C1c1ccc(OCC2CO2)cc1. The van der Waals surface area contributed by atoms with Crippen molar-refractivity contribution in [2.75, 3.05) is 92.1 Å². The van der Waals surface area contributed by atoms with Gasteiger partial charge in [0.15, 0.2) is 0 Å². The first-order valence-electron chi connectivity index (χ1n) is 31.3. The van der Waals surface area contributed by atoms with Gasteiger partial charge >= 0.3 is 18.3 Å². The van der Waals surface area contributed by atoms with Crippen LogP contribution in [0.15, 0.2) is 127 Å². The number of rotatable bonds is 14. The van der Waals surface area contributed by atoms with Crippen molar-refractivity contribution in [1.82, 2.24) is 34.6 Å². The van der Waals surface area contributed by atoms with Gasteiger partial charge in [0.25, 0.3) is 0 Å². The Hall–Kier alpha value is -8.14. The number of carbonyl (C=O) groups is 3. The summed E-state index contributed by atoms with van der Waals surface area (Å²) in [5, 5.41) is 25.4. The fourth-order valence-corrected chi connectivity index (χ4v) is 13.4. The monoisotopic (exact) mass is 1340 g/mol. The standard InChI is InChI=1S/C27H32ClN3O5.C23H23ClN2O4.C20H19ClN2O3.2CH4/c1-2-35-27(33)31-10-9-22-23-15-19(28)5-8-24(23)29-25(22)26(31)18-3-6-21(7-4-18)36-17-20(32)16-30-11-13-34-14-12-30;1-2-28-23(27)26-10-9-18-19-11-15(24)5-8-20(19)25-21(18)22(26)14-3-6-16(7-4-14)29-12-17-13-30-17;1-2-26-20(25)23-10-9-15-16-11-13(21)5-8-17(16)22-18(15)19(23)12-3-6-14(24)7-4-12;;/h3-8,15,20,26,29,32H,2,9-14,16-17H2,1H3;3-8,11,17,22,25H,2,9-10,12-13H2,1H3;3-8,11,19,22,24H,2,9-10H2,1H3;2*1H4. The first-order valence-corrected chi connectivity index (χ1v) is 32.4. The molecule has 0 spiro atoms. The second kappa shape index (κ2) is 30.9. The summed E-state index contributed by atoms with van der Waals surface area (Å²) in [6.07, 6.45) is 0.828. The summed E-state index contributed by atoms with van der Waals surface area (Å²) in [6.45, 7) is 13.2. The minimum atomic E-state index is -0.582. The van der Waals surface area contributed by atoms with Gasteiger partial charge in [0.2, 0.25) is 0 Å². The molecule has 94 heavy (non-hydrogen) atoms. The first-order chi connectivity index (χ1) is 44.7. The number of morpholine rings is 1. The van der Waals surface area contributed by atoms with Crippen LogP contribution >= 0.6 is 34.8 Å². The van der Waals surface area contributed by atoms with Crippen molar-refractivity contribution < 1.29 is 57.8 Å². The van der Waals surface area contributed by atoms with Crippen molar-refractivity contribution in [3.63, 3.8) is 0 Å². The highest BCUT2D eigenvalue weighted by molar-refractivity contribution is 6.32. The number of nitrogens with one attached hydrogen (secondary N) is 3. The molecule has 0 bridgehead atoms. The summed E-state index contributed by atoms with van der Waals surface area (Å²) >= 11 is 18.7. The lowest BCUT2D eigenvalue weighted by Crippen LogP contribution is -2.42. The maximum absolute atomic E-state index is 12.9. The number of hydrogen-bond acceptors (Lipinski definition) is 13. The number of aliphatic hydroxyl groups is 1. The zero-order valence-electron chi connectivity index (χ0n) is 51.4. The molecular formula is C72H82Cl3N7O12. The van der Waals surface area contributed by atoms with Crippen molar-refractivity contribution in [1.29, 1.82) is 0 Å². The van der Waals surface area contributed by atoms with Crippen LogP contribution in [0.25, 0.3) is 32.7 Å². The molecular weight excluding hydrogens is 1260 g/mol. The maximum atomic E-state index is 12.9. The van der Waals surface area contributed by atoms with Crippen LogP contribution in [-0.2, 0) is 42.9 Å². The average Bonchev–Trinajstić information content (AvgIpc) is 1.59. The van der Waals surface area contributed by atoms with Gasteiger partial charge in [0.1, 0.15) is 60.8 Å². The van der Waals surface area contributed by atoms with Crippen molar-refractivity contribution >= 4 is 85.8 Å². The van der Waals surface area contributed by atoms with E-state index in [4.69, 9.17) is 68.0 Å². The van der Waals surface area contributed by atoms with E-state index in [0.717, 1.165) is 105 Å². The van der Waals surface area contributed by atoms with Gasteiger partial charge in [-0.1, -0.05) is 86.1 Å². The second-order valence-corrected chi connectivity index (χ2v) is 24.4. The fraction of sp³-hybridized carbons (Fsp3) is 0.375. The molecule has 2 fully saturated rings. The summed E-state index contributed by atoms with van der Waals surface area (Å²) < 4.78 is 38.2. The van der Waals surface area contributed by atoms with Crippen LogP contribution in [0.5, 0.6) is 17.2 Å². The summed E-state index contributed by atoms with van der Waals surface area (Å²) in [4.78, 5) is 56.1. The zero-order valence-corrected chi connectivity index (χ0v) is 53.7. The number of phenolic OH excluding ortho intramolecular Hbond substituents is 1. The van der Waals surface area contributed by atoms with Gasteiger partial charge in [-0.2, -0.15) is 0 Å². The Bertz CT molecular complexity index is 4060. The summed E-state index contributed by atoms with van der Waals surface area (Å²) in [5.41, 5.74) is 12.3. The number of hydrogen-bond donors (Lipinski definition) is 5. The largest absolute Gasteiger partial charge is 0.508 e. The van der Waals surface area contributed by atoms with Crippen molar-refractivity contribution in [3.05, 3.63) is 193 Å². The molecule has 6 aromatic carbocycles. The molecule has 5 unspecified atom stereocenters. The number of H-pyrrole nitrogens is 3. The lowest BCUT2D eigenvalue weighted by atomic mass is 9.92. The molecule has 5 N–H and O–H groups in total. The van der Waals surface area contributed by atoms with Gasteiger partial charge in [0, 0.05) is 104 Å². The highest BCUT2D eigenvalue weighted by Crippen LogP contribution is 2.43. The van der Waals surface area contributed by atoms with Gasteiger partial charge in [-0.15, -0.1) is 0 Å². The number of aromatic nitrogens is 3. The number of aliphatic hydroxyl groups excluding tert-OH is 1. The van der Waals surface area contributed by atoms with Crippen LogP contribution in [0.4, 0.5) is 14.4 Å². The van der Waals surface area contributed by atoms with Gasteiger partial charge in [-0.3, -0.25) is 19.6 Å². The van der Waals surface area contributed by atoms with Crippen molar-refractivity contribution in [2.24, 2.45) is 0 Å². The van der Waals surface area contributed by atoms with Gasteiger partial charge in [0.05, 0.1) is 39.6 Å². The Morgan fingerprint density at radius 1 is 0.532 bits per heavy atom. The van der Waals surface area contributed by atoms with Crippen LogP contribution in [0.2, 0.25) is 15.1 Å². The lowest BCUT2D eigenvalue weighted by molar-refractivity contribution is 0.00464. The molecule has 5 aliphatic rings. The number of carbonyl (C=O) groups excluding carboxylic acids is 3. The number of aromatic amines is 3. The molecule has 0 radical (unpaired) electrons. The third-order valence-electron chi connectivity index (χ3n) is 17.2. The van der Waals surface area contributed by atoms with Crippen LogP contribution < -0.4 is 9.47 Å². The number of phenols is 1. The molecule has 3 aromatic heterocycles. The zero-order chi connectivity index (χ0) is 64.0. The van der Waals surface area contributed by atoms with Crippen molar-refractivity contribution in [3.8, 4) is 17.2 Å². The molecule has 22 heteroatoms. The molecule has 5 atom stereocenters. The number of fused-ring (bicyclic) bond motifs is 9. The molecule has 9 aromatic rings. The van der Waals surface area contributed by atoms with E-state index in [1.807, 2.05) is 129 Å². The number of ether oxygens (including phenoxy) is 7. The van der Waals surface area contributed by atoms with E-state index < -0.39 is 6.10 Å². The smallest absolute Gasteiger partial charge is 0.410 e. The van der Waals surface area contributed by atoms with E-state index in [1.165, 1.54) is 16.7 Å². The molecule has 2 saturated heterocycles.